The van der Waals surface area contributed by atoms with Crippen molar-refractivity contribution in [1.82, 2.24) is 10.7 Å². The van der Waals surface area contributed by atoms with Gasteiger partial charge in [-0.05, 0) is 48.7 Å². The number of methoxy groups -OCH3 is 1. The van der Waals surface area contributed by atoms with E-state index in [0.29, 0.717) is 17.1 Å². The van der Waals surface area contributed by atoms with Crippen LogP contribution in [0.3, 0.4) is 0 Å². The van der Waals surface area contributed by atoms with Crippen LogP contribution in [0.15, 0.2) is 41.5 Å². The number of anilines is 1. The molecule has 30 heavy (non-hydrogen) atoms. The molecule has 0 atom stereocenters. The fourth-order valence-electron chi connectivity index (χ4n) is 2.54. The van der Waals surface area contributed by atoms with Crippen LogP contribution in [-0.2, 0) is 14.4 Å². The molecule has 0 aliphatic rings. The minimum atomic E-state index is -0.879. The van der Waals surface area contributed by atoms with E-state index in [2.05, 4.69) is 21.2 Å². The van der Waals surface area contributed by atoms with Crippen molar-refractivity contribution in [3.05, 3.63) is 53.1 Å². The number of carbonyl (C=O) groups excluding carboxylic acids is 3. The number of hydrogen-bond donors (Lipinski definition) is 3. The molecule has 0 saturated heterocycles. The number of amides is 3. The number of hydrogen-bond acceptors (Lipinski definition) is 6. The van der Waals surface area contributed by atoms with Gasteiger partial charge in [0.25, 0.3) is 5.91 Å². The van der Waals surface area contributed by atoms with Gasteiger partial charge < -0.3 is 20.1 Å². The first-order valence-electron chi connectivity index (χ1n) is 9.07. The summed E-state index contributed by atoms with van der Waals surface area (Å²) in [6.45, 7) is 3.65. The van der Waals surface area contributed by atoms with E-state index < -0.39 is 11.8 Å². The molecule has 158 valence electrons. The first kappa shape index (κ1) is 22.4. The Morgan fingerprint density at radius 1 is 1.03 bits per heavy atom. The van der Waals surface area contributed by atoms with E-state index in [-0.39, 0.29) is 12.5 Å². The molecule has 3 N–H and O–H groups in total. The largest absolute Gasteiger partial charge is 0.493 e. The van der Waals surface area contributed by atoms with E-state index in [1.54, 1.807) is 18.2 Å². The second-order valence-electron chi connectivity index (χ2n) is 6.29. The number of rotatable bonds is 7. The summed E-state index contributed by atoms with van der Waals surface area (Å²) in [6, 6.07) is 10.7. The summed E-state index contributed by atoms with van der Waals surface area (Å²) >= 11 is 0. The van der Waals surface area contributed by atoms with Crippen molar-refractivity contribution < 1.29 is 23.9 Å². The first-order chi connectivity index (χ1) is 14.3. The van der Waals surface area contributed by atoms with Crippen molar-refractivity contribution in [2.45, 2.75) is 13.8 Å². The Balaban J connectivity index is 1.99. The van der Waals surface area contributed by atoms with Crippen LogP contribution in [0.5, 0.6) is 11.5 Å². The molecule has 9 nitrogen and oxygen atoms in total. The number of hydrazone groups is 1. The lowest BCUT2D eigenvalue weighted by atomic mass is 10.1. The maximum Gasteiger partial charge on any atom is 0.329 e. The Bertz CT molecular complexity index is 952. The molecule has 9 heteroatoms. The van der Waals surface area contributed by atoms with Crippen molar-refractivity contribution in [2.24, 2.45) is 5.10 Å². The predicted molar refractivity (Wildman–Crippen MR) is 113 cm³/mol. The molecule has 0 spiro atoms. The average molecular weight is 412 g/mol. The highest BCUT2D eigenvalue weighted by molar-refractivity contribution is 6.35. The summed E-state index contributed by atoms with van der Waals surface area (Å²) < 4.78 is 10.9. The van der Waals surface area contributed by atoms with E-state index in [4.69, 9.17) is 9.47 Å². The van der Waals surface area contributed by atoms with E-state index in [9.17, 15) is 14.4 Å². The second-order valence-corrected chi connectivity index (χ2v) is 6.29. The Morgan fingerprint density at radius 3 is 2.37 bits per heavy atom. The van der Waals surface area contributed by atoms with Crippen LogP contribution in [0, 0.1) is 13.8 Å². The van der Waals surface area contributed by atoms with Crippen LogP contribution < -0.4 is 25.5 Å². The minimum Gasteiger partial charge on any atom is -0.493 e. The summed E-state index contributed by atoms with van der Waals surface area (Å²) in [5.74, 6) is -1.21. The maximum atomic E-state index is 12.3. The number of aryl methyl sites for hydroxylation is 2. The quantitative estimate of drug-likeness (QED) is 0.362. The van der Waals surface area contributed by atoms with Crippen LogP contribution in [0.25, 0.3) is 0 Å². The van der Waals surface area contributed by atoms with E-state index in [0.717, 1.165) is 16.8 Å². The molecule has 2 rings (SSSR count). The molecular formula is C21H24N4O5. The highest BCUT2D eigenvalue weighted by Gasteiger charge is 2.11. The number of nitrogens with one attached hydrogen (secondary N) is 3. The summed E-state index contributed by atoms with van der Waals surface area (Å²) in [5, 5.41) is 8.75. The summed E-state index contributed by atoms with van der Waals surface area (Å²) in [7, 11) is 2.81. The molecule has 0 bridgehead atoms. The molecule has 3 amide bonds. The monoisotopic (exact) mass is 412 g/mol. The molecule has 0 unspecified atom stereocenters. The third kappa shape index (κ3) is 6.06. The molecule has 0 aromatic heterocycles. The third-order valence-corrected chi connectivity index (χ3v) is 4.11. The van der Waals surface area contributed by atoms with Crippen molar-refractivity contribution in [2.75, 3.05) is 26.1 Å². The number of likely N-dealkylation sites (N-methyl/N-ethyl adjacent to an activating group) is 1. The Morgan fingerprint density at radius 2 is 1.73 bits per heavy atom. The van der Waals surface area contributed by atoms with Gasteiger partial charge in [0.2, 0.25) is 0 Å². The predicted octanol–water partition coefficient (Wildman–Crippen LogP) is 1.53. The normalized spacial score (nSPS) is 10.4. The van der Waals surface area contributed by atoms with Crippen LogP contribution in [-0.4, -0.2) is 44.7 Å². The third-order valence-electron chi connectivity index (χ3n) is 4.11. The molecule has 0 saturated carbocycles. The van der Waals surface area contributed by atoms with Crippen molar-refractivity contribution in [3.63, 3.8) is 0 Å². The zero-order valence-electron chi connectivity index (χ0n) is 17.2. The van der Waals surface area contributed by atoms with Crippen molar-refractivity contribution >= 4 is 29.6 Å². The second kappa shape index (κ2) is 10.6. The fraction of sp³-hybridized carbons (Fsp3) is 0.238. The zero-order valence-corrected chi connectivity index (χ0v) is 17.2. The summed E-state index contributed by atoms with van der Waals surface area (Å²) in [5.41, 5.74) is 5.39. The van der Waals surface area contributed by atoms with Gasteiger partial charge in [0.1, 0.15) is 0 Å². The van der Waals surface area contributed by atoms with Gasteiger partial charge in [-0.15, -0.1) is 0 Å². The van der Waals surface area contributed by atoms with Gasteiger partial charge in [-0.25, -0.2) is 5.43 Å². The van der Waals surface area contributed by atoms with Gasteiger partial charge in [0, 0.05) is 12.7 Å². The number of carbonyl (C=O) groups is 3. The lowest BCUT2D eigenvalue weighted by Gasteiger charge is -2.13. The van der Waals surface area contributed by atoms with Gasteiger partial charge in [-0.1, -0.05) is 18.2 Å². The SMILES string of the molecule is CNC(=O)C(=O)N/N=C\c1ccc(OCC(=O)Nc2c(C)cccc2C)c(OC)c1. The Labute approximate surface area is 174 Å². The number of nitrogens with zero attached hydrogens (tertiary/aromatic N) is 1. The molecule has 2 aromatic carbocycles. The maximum absolute atomic E-state index is 12.3. The van der Waals surface area contributed by atoms with E-state index >= 15 is 0 Å². The van der Waals surface area contributed by atoms with Gasteiger partial charge in [-0.2, -0.15) is 5.10 Å². The molecule has 0 fully saturated rings. The number of ether oxygens (including phenoxy) is 2. The van der Waals surface area contributed by atoms with Crippen LogP contribution in [0.1, 0.15) is 16.7 Å². The molecule has 0 aliphatic carbocycles. The number of para-hydroxylation sites is 1. The Hall–Kier alpha value is -3.88. The van der Waals surface area contributed by atoms with Crippen molar-refractivity contribution in [1.29, 1.82) is 0 Å². The van der Waals surface area contributed by atoms with Crippen LogP contribution in [0.2, 0.25) is 0 Å². The van der Waals surface area contributed by atoms with Crippen LogP contribution >= 0.6 is 0 Å². The zero-order chi connectivity index (χ0) is 22.1. The highest BCUT2D eigenvalue weighted by Crippen LogP contribution is 2.27. The van der Waals surface area contributed by atoms with E-state index in [1.807, 2.05) is 32.0 Å². The smallest absolute Gasteiger partial charge is 0.329 e. The average Bonchev–Trinajstić information content (AvgIpc) is 2.74. The minimum absolute atomic E-state index is 0.195. The van der Waals surface area contributed by atoms with Gasteiger partial charge in [-0.3, -0.25) is 14.4 Å². The lowest BCUT2D eigenvalue weighted by Crippen LogP contribution is -2.35. The Kier molecular flexibility index (Phi) is 7.92. The molecule has 0 radical (unpaired) electrons. The lowest BCUT2D eigenvalue weighted by molar-refractivity contribution is -0.138. The molecule has 0 aliphatic heterocycles. The highest BCUT2D eigenvalue weighted by atomic mass is 16.5. The van der Waals surface area contributed by atoms with Crippen molar-refractivity contribution in [3.8, 4) is 11.5 Å². The van der Waals surface area contributed by atoms with Crippen LogP contribution in [0.4, 0.5) is 5.69 Å². The van der Waals surface area contributed by atoms with E-state index in [1.165, 1.54) is 20.4 Å². The standard InChI is InChI=1S/C21H24N4O5/c1-13-6-5-7-14(2)19(13)24-18(26)12-30-16-9-8-15(10-17(16)29-4)11-23-25-21(28)20(27)22-3/h5-11H,12H2,1-4H3,(H,22,27)(H,24,26)(H,25,28)/b23-11-. The van der Waals surface area contributed by atoms with Gasteiger partial charge in [0.15, 0.2) is 18.1 Å². The summed E-state index contributed by atoms with van der Waals surface area (Å²) in [4.78, 5) is 34.7. The van der Waals surface area contributed by atoms with Gasteiger partial charge in [0.05, 0.1) is 13.3 Å². The first-order valence-corrected chi connectivity index (χ1v) is 9.07. The molecule has 0 heterocycles. The molecular weight excluding hydrogens is 388 g/mol. The topological polar surface area (TPSA) is 118 Å². The summed E-state index contributed by atoms with van der Waals surface area (Å²) in [6.07, 6.45) is 1.35. The fourth-order valence-corrected chi connectivity index (χ4v) is 2.54. The molecule has 2 aromatic rings. The van der Waals surface area contributed by atoms with Gasteiger partial charge >= 0.3 is 11.8 Å². The number of benzene rings is 2.